The Morgan fingerprint density at radius 2 is 2.33 bits per heavy atom. The first-order chi connectivity index (χ1) is 11.7. The average molecular weight is 328 g/mol. The molecule has 2 heterocycles. The van der Waals surface area contributed by atoms with Crippen LogP contribution in [0.15, 0.2) is 36.7 Å². The molecule has 0 unspecified atom stereocenters. The number of amides is 2. The van der Waals surface area contributed by atoms with Gasteiger partial charge in [-0.2, -0.15) is 5.10 Å². The molecule has 2 aromatic rings. The maximum Gasteiger partial charge on any atom is 0.321 e. The predicted molar refractivity (Wildman–Crippen MR) is 93.5 cm³/mol. The Labute approximate surface area is 142 Å². The van der Waals surface area contributed by atoms with Crippen molar-refractivity contribution >= 4 is 11.7 Å². The summed E-state index contributed by atoms with van der Waals surface area (Å²) in [6, 6.07) is 7.76. The molecule has 0 aliphatic carbocycles. The molecule has 2 amide bonds. The Hall–Kier alpha value is -2.34. The largest absolute Gasteiger partial charge is 0.384 e. The number of anilines is 1. The van der Waals surface area contributed by atoms with Crippen LogP contribution in [0.3, 0.4) is 0 Å². The van der Waals surface area contributed by atoms with Crippen LogP contribution in [0.4, 0.5) is 10.5 Å². The first-order valence-corrected chi connectivity index (χ1v) is 8.33. The van der Waals surface area contributed by atoms with Gasteiger partial charge in [0.1, 0.15) is 0 Å². The van der Waals surface area contributed by atoms with Crippen LogP contribution in [0, 0.1) is 12.8 Å². The van der Waals surface area contributed by atoms with E-state index in [1.54, 1.807) is 18.0 Å². The third-order valence-corrected chi connectivity index (χ3v) is 4.43. The van der Waals surface area contributed by atoms with Crippen LogP contribution in [-0.2, 0) is 4.74 Å². The van der Waals surface area contributed by atoms with E-state index in [4.69, 9.17) is 4.74 Å². The van der Waals surface area contributed by atoms with Gasteiger partial charge in [0.15, 0.2) is 0 Å². The molecule has 1 atom stereocenters. The van der Waals surface area contributed by atoms with Gasteiger partial charge in [-0.3, -0.25) is 0 Å². The Morgan fingerprint density at radius 1 is 1.46 bits per heavy atom. The Balaban J connectivity index is 1.66. The predicted octanol–water partition coefficient (Wildman–Crippen LogP) is 3.07. The van der Waals surface area contributed by atoms with E-state index in [2.05, 4.69) is 10.4 Å². The number of urea groups is 1. The van der Waals surface area contributed by atoms with Crippen LogP contribution >= 0.6 is 0 Å². The van der Waals surface area contributed by atoms with Crippen molar-refractivity contribution in [1.29, 1.82) is 0 Å². The van der Waals surface area contributed by atoms with Crippen LogP contribution in [0.1, 0.15) is 18.4 Å². The van der Waals surface area contributed by atoms with E-state index in [9.17, 15) is 4.79 Å². The minimum absolute atomic E-state index is 0.0363. The summed E-state index contributed by atoms with van der Waals surface area (Å²) in [5.74, 6) is 0.429. The van der Waals surface area contributed by atoms with Crippen LogP contribution in [0.5, 0.6) is 0 Å². The SMILES string of the molecule is COC[C@@H]1CCCN(C(=O)Nc2ccc(-n3cccn3)cc2C)C1. The van der Waals surface area contributed by atoms with Crippen molar-refractivity contribution in [2.75, 3.05) is 32.1 Å². The fraction of sp³-hybridized carbons (Fsp3) is 0.444. The molecule has 3 rings (SSSR count). The maximum atomic E-state index is 12.5. The topological polar surface area (TPSA) is 59.4 Å². The van der Waals surface area contributed by atoms with E-state index < -0.39 is 0 Å². The van der Waals surface area contributed by atoms with Gasteiger partial charge in [-0.05, 0) is 49.6 Å². The number of benzene rings is 1. The van der Waals surface area contributed by atoms with Crippen LogP contribution < -0.4 is 5.32 Å². The second kappa shape index (κ2) is 7.49. The van der Waals surface area contributed by atoms with Crippen molar-refractivity contribution in [3.63, 3.8) is 0 Å². The van der Waals surface area contributed by atoms with Gasteiger partial charge in [0.2, 0.25) is 0 Å². The van der Waals surface area contributed by atoms with Crippen LogP contribution in [-0.4, -0.2) is 47.5 Å². The summed E-state index contributed by atoms with van der Waals surface area (Å²) in [6.45, 7) is 4.26. The zero-order valence-corrected chi connectivity index (χ0v) is 14.2. The number of methoxy groups -OCH3 is 1. The molecule has 0 spiro atoms. The number of hydrogen-bond acceptors (Lipinski definition) is 3. The standard InChI is InChI=1S/C18H24N4O2/c1-14-11-16(22-10-4-8-19-22)6-7-17(14)20-18(23)21-9-3-5-15(12-21)13-24-2/h4,6-8,10-11,15H,3,5,9,12-13H2,1-2H3,(H,20,23)/t15-/m1/s1. The highest BCUT2D eigenvalue weighted by Gasteiger charge is 2.23. The number of aromatic nitrogens is 2. The first-order valence-electron chi connectivity index (χ1n) is 8.33. The number of nitrogens with one attached hydrogen (secondary N) is 1. The molecule has 1 aliphatic heterocycles. The van der Waals surface area contributed by atoms with Gasteiger partial charge < -0.3 is 15.0 Å². The zero-order valence-electron chi connectivity index (χ0n) is 14.2. The monoisotopic (exact) mass is 328 g/mol. The fourth-order valence-electron chi connectivity index (χ4n) is 3.17. The lowest BCUT2D eigenvalue weighted by Gasteiger charge is -2.32. The van der Waals surface area contributed by atoms with Crippen LogP contribution in [0.25, 0.3) is 5.69 Å². The van der Waals surface area contributed by atoms with E-state index in [1.165, 1.54) is 0 Å². The molecule has 24 heavy (non-hydrogen) atoms. The number of rotatable bonds is 4. The molecule has 1 fully saturated rings. The molecule has 128 valence electrons. The maximum absolute atomic E-state index is 12.5. The van der Waals surface area contributed by atoms with Crippen molar-refractivity contribution in [3.05, 3.63) is 42.2 Å². The number of aryl methyl sites for hydroxylation is 1. The molecule has 0 radical (unpaired) electrons. The number of ether oxygens (including phenoxy) is 1. The quantitative estimate of drug-likeness (QED) is 0.938. The van der Waals surface area contributed by atoms with Gasteiger partial charge in [-0.1, -0.05) is 0 Å². The third kappa shape index (κ3) is 3.76. The summed E-state index contributed by atoms with van der Waals surface area (Å²) in [4.78, 5) is 14.4. The fourth-order valence-corrected chi connectivity index (χ4v) is 3.17. The highest BCUT2D eigenvalue weighted by atomic mass is 16.5. The van der Waals surface area contributed by atoms with Gasteiger partial charge >= 0.3 is 6.03 Å². The van der Waals surface area contributed by atoms with Crippen molar-refractivity contribution < 1.29 is 9.53 Å². The molecule has 6 nitrogen and oxygen atoms in total. The van der Waals surface area contributed by atoms with Gasteiger partial charge in [0.25, 0.3) is 0 Å². The number of carbonyl (C=O) groups excluding carboxylic acids is 1. The Bertz CT molecular complexity index is 682. The van der Waals surface area contributed by atoms with Crippen molar-refractivity contribution in [2.45, 2.75) is 19.8 Å². The third-order valence-electron chi connectivity index (χ3n) is 4.43. The molecule has 1 N–H and O–H groups in total. The van der Waals surface area contributed by atoms with E-state index >= 15 is 0 Å². The Kier molecular flexibility index (Phi) is 5.15. The second-order valence-electron chi connectivity index (χ2n) is 6.29. The molecular weight excluding hydrogens is 304 g/mol. The summed E-state index contributed by atoms with van der Waals surface area (Å²) in [6.07, 6.45) is 5.79. The number of likely N-dealkylation sites (tertiary alicyclic amines) is 1. The summed E-state index contributed by atoms with van der Waals surface area (Å²) in [5, 5.41) is 7.26. The van der Waals surface area contributed by atoms with E-state index in [0.29, 0.717) is 12.5 Å². The highest BCUT2D eigenvalue weighted by Crippen LogP contribution is 2.21. The van der Waals surface area contributed by atoms with Gasteiger partial charge in [0.05, 0.1) is 12.3 Å². The van der Waals surface area contributed by atoms with Crippen molar-refractivity contribution in [3.8, 4) is 5.69 Å². The summed E-state index contributed by atoms with van der Waals surface area (Å²) < 4.78 is 7.03. The molecular formula is C18H24N4O2. The lowest BCUT2D eigenvalue weighted by molar-refractivity contribution is 0.104. The second-order valence-corrected chi connectivity index (χ2v) is 6.29. The van der Waals surface area contributed by atoms with E-state index in [0.717, 1.165) is 42.9 Å². The lowest BCUT2D eigenvalue weighted by Crippen LogP contribution is -2.43. The average Bonchev–Trinajstić information content (AvgIpc) is 3.12. The number of piperidine rings is 1. The molecule has 1 aliphatic rings. The molecule has 0 bridgehead atoms. The minimum Gasteiger partial charge on any atom is -0.384 e. The summed E-state index contributed by atoms with van der Waals surface area (Å²) in [7, 11) is 1.71. The smallest absolute Gasteiger partial charge is 0.321 e. The van der Waals surface area contributed by atoms with Crippen molar-refractivity contribution in [2.24, 2.45) is 5.92 Å². The number of nitrogens with zero attached hydrogens (tertiary/aromatic N) is 3. The van der Waals surface area contributed by atoms with Gasteiger partial charge in [0, 0.05) is 44.2 Å². The summed E-state index contributed by atoms with van der Waals surface area (Å²) >= 11 is 0. The molecule has 1 saturated heterocycles. The summed E-state index contributed by atoms with van der Waals surface area (Å²) in [5.41, 5.74) is 2.83. The zero-order chi connectivity index (χ0) is 16.9. The molecule has 1 aromatic carbocycles. The highest BCUT2D eigenvalue weighted by molar-refractivity contribution is 5.90. The van der Waals surface area contributed by atoms with E-state index in [-0.39, 0.29) is 6.03 Å². The van der Waals surface area contributed by atoms with Gasteiger partial charge in [-0.25, -0.2) is 9.48 Å². The van der Waals surface area contributed by atoms with Gasteiger partial charge in [-0.15, -0.1) is 0 Å². The van der Waals surface area contributed by atoms with E-state index in [1.807, 2.05) is 42.3 Å². The Morgan fingerprint density at radius 3 is 3.04 bits per heavy atom. The molecule has 6 heteroatoms. The molecule has 1 aromatic heterocycles. The van der Waals surface area contributed by atoms with Crippen molar-refractivity contribution in [1.82, 2.24) is 14.7 Å². The lowest BCUT2D eigenvalue weighted by atomic mass is 9.99. The number of hydrogen-bond donors (Lipinski definition) is 1. The normalized spacial score (nSPS) is 17.8. The minimum atomic E-state index is -0.0363. The molecule has 0 saturated carbocycles. The first kappa shape index (κ1) is 16.5. The van der Waals surface area contributed by atoms with Crippen LogP contribution in [0.2, 0.25) is 0 Å². The number of carbonyl (C=O) groups is 1.